The van der Waals surface area contributed by atoms with Crippen LogP contribution in [0.1, 0.15) is 24.8 Å². The number of hydrogen-bond donors (Lipinski definition) is 3. The van der Waals surface area contributed by atoms with Crippen molar-refractivity contribution in [1.29, 1.82) is 0 Å². The van der Waals surface area contributed by atoms with Crippen LogP contribution in [0.4, 0.5) is 0 Å². The van der Waals surface area contributed by atoms with Gasteiger partial charge >= 0.3 is 0 Å². The summed E-state index contributed by atoms with van der Waals surface area (Å²) in [5.74, 6) is 0.0243. The lowest BCUT2D eigenvalue weighted by Crippen LogP contribution is -2.44. The minimum atomic E-state index is -0.755. The van der Waals surface area contributed by atoms with Crippen molar-refractivity contribution in [2.24, 2.45) is 0 Å². The summed E-state index contributed by atoms with van der Waals surface area (Å²) in [7, 11) is 0. The summed E-state index contributed by atoms with van der Waals surface area (Å²) < 4.78 is 0. The van der Waals surface area contributed by atoms with E-state index in [1.165, 1.54) is 5.56 Å². The van der Waals surface area contributed by atoms with Crippen molar-refractivity contribution in [2.45, 2.75) is 31.3 Å². The molecule has 19 heavy (non-hydrogen) atoms. The molecular weight excluding hydrogens is 240 g/mol. The average molecular weight is 262 g/mol. The molecule has 1 heterocycles. The number of carbonyl (C=O) groups is 1. The molecule has 4 nitrogen and oxygen atoms in total. The highest BCUT2D eigenvalue weighted by molar-refractivity contribution is 5.75. The zero-order valence-electron chi connectivity index (χ0n) is 11.2. The molecule has 0 radical (unpaired) electrons. The van der Waals surface area contributed by atoms with Gasteiger partial charge in [-0.1, -0.05) is 30.3 Å². The second-order valence-corrected chi connectivity index (χ2v) is 5.27. The van der Waals surface area contributed by atoms with Gasteiger partial charge in [0.2, 0.25) is 5.91 Å². The number of carbonyl (C=O) groups excluding carboxylic acids is 1. The van der Waals surface area contributed by atoms with E-state index < -0.39 is 5.60 Å². The number of nitrogens with one attached hydrogen (secondary N) is 2. The molecule has 0 saturated carbocycles. The molecule has 0 aromatic heterocycles. The van der Waals surface area contributed by atoms with Gasteiger partial charge < -0.3 is 15.7 Å². The summed E-state index contributed by atoms with van der Waals surface area (Å²) in [6, 6.07) is 10.2. The van der Waals surface area contributed by atoms with Gasteiger partial charge in [-0.25, -0.2) is 0 Å². The highest BCUT2D eigenvalue weighted by atomic mass is 16.3. The molecule has 1 atom stereocenters. The predicted octanol–water partition coefficient (Wildman–Crippen LogP) is 0.850. The van der Waals surface area contributed by atoms with Crippen LogP contribution < -0.4 is 10.6 Å². The third kappa shape index (κ3) is 4.65. The van der Waals surface area contributed by atoms with Crippen molar-refractivity contribution >= 4 is 5.91 Å². The van der Waals surface area contributed by atoms with Crippen molar-refractivity contribution in [3.63, 3.8) is 0 Å². The zero-order valence-corrected chi connectivity index (χ0v) is 11.2. The summed E-state index contributed by atoms with van der Waals surface area (Å²) in [6.07, 6.45) is 2.97. The Balaban J connectivity index is 1.62. The fourth-order valence-corrected chi connectivity index (χ4v) is 2.33. The van der Waals surface area contributed by atoms with E-state index in [0.717, 1.165) is 19.4 Å². The smallest absolute Gasteiger partial charge is 0.220 e. The van der Waals surface area contributed by atoms with Gasteiger partial charge in [0.1, 0.15) is 0 Å². The highest BCUT2D eigenvalue weighted by Gasteiger charge is 2.30. The standard InChI is InChI=1S/C15H22N2O2/c18-14(17-12-15(19)9-10-16-11-15)8-4-7-13-5-2-1-3-6-13/h1-3,5-6,16,19H,4,7-12H2,(H,17,18). The van der Waals surface area contributed by atoms with E-state index >= 15 is 0 Å². The van der Waals surface area contributed by atoms with E-state index in [9.17, 15) is 9.90 Å². The topological polar surface area (TPSA) is 61.4 Å². The van der Waals surface area contributed by atoms with Gasteiger partial charge in [0.15, 0.2) is 0 Å². The molecule has 2 rings (SSSR count). The number of aryl methyl sites for hydroxylation is 1. The van der Waals surface area contributed by atoms with Crippen LogP contribution in [0.25, 0.3) is 0 Å². The van der Waals surface area contributed by atoms with Gasteiger partial charge in [-0.15, -0.1) is 0 Å². The molecular formula is C15H22N2O2. The Hall–Kier alpha value is -1.39. The van der Waals surface area contributed by atoms with E-state index in [0.29, 0.717) is 25.9 Å². The van der Waals surface area contributed by atoms with Gasteiger partial charge in [0, 0.05) is 19.5 Å². The van der Waals surface area contributed by atoms with E-state index in [2.05, 4.69) is 22.8 Å². The fourth-order valence-electron chi connectivity index (χ4n) is 2.33. The van der Waals surface area contributed by atoms with Crippen LogP contribution in [0.15, 0.2) is 30.3 Å². The normalized spacial score (nSPS) is 22.4. The van der Waals surface area contributed by atoms with Crippen LogP contribution in [0, 0.1) is 0 Å². The van der Waals surface area contributed by atoms with Gasteiger partial charge in [-0.2, -0.15) is 0 Å². The Labute approximate surface area is 114 Å². The first-order valence-electron chi connectivity index (χ1n) is 6.92. The minimum Gasteiger partial charge on any atom is -0.387 e. The quantitative estimate of drug-likeness (QED) is 0.712. The molecule has 3 N–H and O–H groups in total. The van der Waals surface area contributed by atoms with E-state index in [1.54, 1.807) is 0 Å². The molecule has 0 spiro atoms. The molecule has 1 fully saturated rings. The molecule has 1 aliphatic rings. The van der Waals surface area contributed by atoms with Crippen LogP contribution in [0.3, 0.4) is 0 Å². The first-order valence-corrected chi connectivity index (χ1v) is 6.92. The van der Waals surface area contributed by atoms with Gasteiger partial charge in [-0.3, -0.25) is 4.79 Å². The molecule has 1 unspecified atom stereocenters. The van der Waals surface area contributed by atoms with Crippen molar-refractivity contribution in [1.82, 2.24) is 10.6 Å². The lowest BCUT2D eigenvalue weighted by atomic mass is 10.0. The SMILES string of the molecule is O=C(CCCc1ccccc1)NCC1(O)CCNC1. The predicted molar refractivity (Wildman–Crippen MR) is 74.8 cm³/mol. The van der Waals surface area contributed by atoms with E-state index in [4.69, 9.17) is 0 Å². The van der Waals surface area contributed by atoms with Crippen LogP contribution >= 0.6 is 0 Å². The third-order valence-electron chi connectivity index (χ3n) is 3.55. The molecule has 1 amide bonds. The molecule has 1 aliphatic heterocycles. The molecule has 0 aliphatic carbocycles. The number of aliphatic hydroxyl groups is 1. The Kier molecular flexibility index (Phi) is 4.93. The first kappa shape index (κ1) is 14.0. The number of β-amino-alcohol motifs (C(OH)–C–C–N with tert-alkyl or cyclic N) is 1. The van der Waals surface area contributed by atoms with Gasteiger partial charge in [0.05, 0.1) is 5.60 Å². The van der Waals surface area contributed by atoms with Crippen molar-refractivity contribution < 1.29 is 9.90 Å². The molecule has 104 valence electrons. The summed E-state index contributed by atoms with van der Waals surface area (Å²) >= 11 is 0. The monoisotopic (exact) mass is 262 g/mol. The lowest BCUT2D eigenvalue weighted by molar-refractivity contribution is -0.122. The number of amides is 1. The van der Waals surface area contributed by atoms with Gasteiger partial charge in [-0.05, 0) is 31.4 Å². The fraction of sp³-hybridized carbons (Fsp3) is 0.533. The minimum absolute atomic E-state index is 0.0243. The Bertz CT molecular complexity index is 400. The molecule has 0 bridgehead atoms. The Morgan fingerprint density at radius 1 is 1.37 bits per heavy atom. The maximum absolute atomic E-state index is 11.7. The third-order valence-corrected chi connectivity index (χ3v) is 3.55. The summed E-state index contributed by atoms with van der Waals surface area (Å²) in [5, 5.41) is 16.0. The van der Waals surface area contributed by atoms with Gasteiger partial charge in [0.25, 0.3) is 0 Å². The van der Waals surface area contributed by atoms with Crippen LogP contribution in [0.5, 0.6) is 0 Å². The van der Waals surface area contributed by atoms with Crippen LogP contribution in [0.2, 0.25) is 0 Å². The largest absolute Gasteiger partial charge is 0.387 e. The van der Waals surface area contributed by atoms with E-state index in [1.807, 2.05) is 18.2 Å². The zero-order chi connectivity index (χ0) is 13.6. The van der Waals surface area contributed by atoms with Crippen LogP contribution in [-0.2, 0) is 11.2 Å². The van der Waals surface area contributed by atoms with Crippen LogP contribution in [-0.4, -0.2) is 36.2 Å². The molecule has 4 heteroatoms. The second-order valence-electron chi connectivity index (χ2n) is 5.27. The summed E-state index contributed by atoms with van der Waals surface area (Å²) in [5.41, 5.74) is 0.503. The Morgan fingerprint density at radius 3 is 2.84 bits per heavy atom. The lowest BCUT2D eigenvalue weighted by Gasteiger charge is -2.21. The van der Waals surface area contributed by atoms with Crippen molar-refractivity contribution in [3.05, 3.63) is 35.9 Å². The highest BCUT2D eigenvalue weighted by Crippen LogP contribution is 2.12. The van der Waals surface area contributed by atoms with E-state index in [-0.39, 0.29) is 5.91 Å². The number of benzene rings is 1. The molecule has 1 aromatic rings. The van der Waals surface area contributed by atoms with Crippen molar-refractivity contribution in [3.8, 4) is 0 Å². The second kappa shape index (κ2) is 6.68. The summed E-state index contributed by atoms with van der Waals surface area (Å²) in [4.78, 5) is 11.7. The number of rotatable bonds is 6. The summed E-state index contributed by atoms with van der Waals surface area (Å²) in [6.45, 7) is 1.74. The number of hydrogen-bond acceptors (Lipinski definition) is 3. The maximum Gasteiger partial charge on any atom is 0.220 e. The molecule has 1 saturated heterocycles. The molecule has 1 aromatic carbocycles. The van der Waals surface area contributed by atoms with Crippen molar-refractivity contribution in [2.75, 3.05) is 19.6 Å². The first-order chi connectivity index (χ1) is 9.18. The maximum atomic E-state index is 11.7. The average Bonchev–Trinajstić information content (AvgIpc) is 2.85. The Morgan fingerprint density at radius 2 is 2.16 bits per heavy atom.